The van der Waals surface area contributed by atoms with Crippen molar-refractivity contribution in [2.24, 2.45) is 0 Å². The number of amides is 4. The zero-order valence-corrected chi connectivity index (χ0v) is 20.6. The molecule has 0 saturated carbocycles. The molecule has 190 valence electrons. The molecule has 1 heterocycles. The van der Waals surface area contributed by atoms with Crippen LogP contribution in [0.15, 0.2) is 96.7 Å². The maximum atomic E-state index is 13.0. The van der Waals surface area contributed by atoms with Crippen molar-refractivity contribution in [3.8, 4) is 11.5 Å². The van der Waals surface area contributed by atoms with Crippen LogP contribution >= 0.6 is 0 Å². The number of nitrogens with one attached hydrogen (secondary N) is 2. The number of methoxy groups -OCH3 is 1. The van der Waals surface area contributed by atoms with Gasteiger partial charge in [-0.3, -0.25) is 9.59 Å². The van der Waals surface area contributed by atoms with Gasteiger partial charge in [-0.2, -0.15) is 0 Å². The topological polar surface area (TPSA) is 97.0 Å². The summed E-state index contributed by atoms with van der Waals surface area (Å²) in [5.74, 6) is -0.102. The summed E-state index contributed by atoms with van der Waals surface area (Å²) in [4.78, 5) is 38.9. The van der Waals surface area contributed by atoms with Gasteiger partial charge in [0.15, 0.2) is 0 Å². The Hall–Kier alpha value is -5.11. The number of para-hydroxylation sites is 3. The number of hydrogen-bond acceptors (Lipinski definition) is 5. The number of nitrogens with zero attached hydrogens (tertiary/aromatic N) is 1. The molecule has 1 aliphatic rings. The van der Waals surface area contributed by atoms with Crippen LogP contribution in [0.4, 0.5) is 10.5 Å². The van der Waals surface area contributed by atoms with E-state index in [9.17, 15) is 14.4 Å². The SMILES string of the molecule is COc1ccccc1NC(=O)CN1C(=O)N/C(=C/c2ccccc2OCc2ccc3ccccc3c2)C1=O. The summed E-state index contributed by atoms with van der Waals surface area (Å²) in [6.45, 7) is -0.110. The fourth-order valence-electron chi connectivity index (χ4n) is 4.17. The molecule has 4 aromatic rings. The first-order chi connectivity index (χ1) is 18.5. The highest BCUT2D eigenvalue weighted by Crippen LogP contribution is 2.25. The molecule has 0 aromatic heterocycles. The summed E-state index contributed by atoms with van der Waals surface area (Å²) in [5.41, 5.74) is 2.13. The van der Waals surface area contributed by atoms with Gasteiger partial charge in [-0.05, 0) is 46.7 Å². The number of hydrogen-bond donors (Lipinski definition) is 2. The fourth-order valence-corrected chi connectivity index (χ4v) is 4.17. The van der Waals surface area contributed by atoms with Crippen LogP contribution in [0.5, 0.6) is 11.5 Å². The van der Waals surface area contributed by atoms with E-state index in [4.69, 9.17) is 9.47 Å². The second-order valence-electron chi connectivity index (χ2n) is 8.64. The molecule has 2 N–H and O–H groups in total. The number of carbonyl (C=O) groups excluding carboxylic acids is 3. The van der Waals surface area contributed by atoms with Gasteiger partial charge >= 0.3 is 6.03 Å². The molecule has 1 aliphatic heterocycles. The lowest BCUT2D eigenvalue weighted by atomic mass is 10.1. The van der Waals surface area contributed by atoms with Crippen LogP contribution in [0.2, 0.25) is 0 Å². The van der Waals surface area contributed by atoms with Gasteiger partial charge in [0.05, 0.1) is 12.8 Å². The molecule has 8 heteroatoms. The van der Waals surface area contributed by atoms with E-state index in [1.54, 1.807) is 42.5 Å². The van der Waals surface area contributed by atoms with Crippen molar-refractivity contribution >= 4 is 40.4 Å². The van der Waals surface area contributed by atoms with E-state index in [0.717, 1.165) is 21.2 Å². The maximum absolute atomic E-state index is 13.0. The molecule has 5 rings (SSSR count). The molecular formula is C30H25N3O5. The summed E-state index contributed by atoms with van der Waals surface area (Å²) in [7, 11) is 1.49. The average molecular weight is 508 g/mol. The number of imide groups is 1. The minimum Gasteiger partial charge on any atom is -0.495 e. The first kappa shape index (κ1) is 24.6. The molecule has 1 fully saturated rings. The number of benzene rings is 4. The van der Waals surface area contributed by atoms with Gasteiger partial charge in [-0.25, -0.2) is 9.69 Å². The third-order valence-electron chi connectivity index (χ3n) is 6.07. The lowest BCUT2D eigenvalue weighted by molar-refractivity contribution is -0.127. The first-order valence-corrected chi connectivity index (χ1v) is 12.0. The largest absolute Gasteiger partial charge is 0.495 e. The van der Waals surface area contributed by atoms with Crippen LogP contribution in [-0.2, 0) is 16.2 Å². The Balaban J connectivity index is 1.28. The number of rotatable bonds is 8. The van der Waals surface area contributed by atoms with Crippen LogP contribution < -0.4 is 20.1 Å². The summed E-state index contributed by atoms with van der Waals surface area (Å²) >= 11 is 0. The molecule has 0 aliphatic carbocycles. The van der Waals surface area contributed by atoms with E-state index in [-0.39, 0.29) is 5.70 Å². The summed E-state index contributed by atoms with van der Waals surface area (Å²) in [6.07, 6.45) is 1.55. The van der Waals surface area contributed by atoms with Gasteiger partial charge in [-0.1, -0.05) is 66.7 Å². The molecule has 8 nitrogen and oxygen atoms in total. The normalized spacial score (nSPS) is 14.0. The van der Waals surface area contributed by atoms with Gasteiger partial charge in [0, 0.05) is 5.56 Å². The standard InChI is InChI=1S/C30H25N3O5/c1-37-27-13-7-5-11-24(27)31-28(34)18-33-29(35)25(32-30(33)36)17-23-10-4-6-12-26(23)38-19-20-14-15-21-8-2-3-9-22(21)16-20/h2-17H,18-19H2,1H3,(H,31,34)(H,32,36)/b25-17+. The van der Waals surface area contributed by atoms with Gasteiger partial charge in [0.25, 0.3) is 5.91 Å². The highest BCUT2D eigenvalue weighted by Gasteiger charge is 2.35. The Kier molecular flexibility index (Phi) is 7.04. The molecule has 0 atom stereocenters. The minimum absolute atomic E-state index is 0.0573. The Morgan fingerprint density at radius 3 is 2.42 bits per heavy atom. The molecule has 4 aromatic carbocycles. The molecule has 0 spiro atoms. The molecular weight excluding hydrogens is 482 g/mol. The zero-order valence-electron chi connectivity index (χ0n) is 20.6. The van der Waals surface area contributed by atoms with E-state index >= 15 is 0 Å². The Labute approximate surface area is 219 Å². The predicted octanol–water partition coefficient (Wildman–Crippen LogP) is 4.96. The van der Waals surface area contributed by atoms with Crippen LogP contribution in [0.3, 0.4) is 0 Å². The number of urea groups is 1. The van der Waals surface area contributed by atoms with Crippen LogP contribution in [0.25, 0.3) is 16.8 Å². The highest BCUT2D eigenvalue weighted by atomic mass is 16.5. The molecule has 38 heavy (non-hydrogen) atoms. The highest BCUT2D eigenvalue weighted by molar-refractivity contribution is 6.16. The van der Waals surface area contributed by atoms with Crippen LogP contribution in [-0.4, -0.2) is 36.4 Å². The molecule has 4 amide bonds. The van der Waals surface area contributed by atoms with Gasteiger partial charge < -0.3 is 20.1 Å². The Morgan fingerprint density at radius 1 is 0.895 bits per heavy atom. The number of fused-ring (bicyclic) bond motifs is 1. The second-order valence-corrected chi connectivity index (χ2v) is 8.64. The van der Waals surface area contributed by atoms with Crippen molar-refractivity contribution < 1.29 is 23.9 Å². The van der Waals surface area contributed by atoms with Gasteiger partial charge in [-0.15, -0.1) is 0 Å². The predicted molar refractivity (Wildman–Crippen MR) is 145 cm³/mol. The third kappa shape index (κ3) is 5.34. The van der Waals surface area contributed by atoms with Crippen molar-refractivity contribution in [3.63, 3.8) is 0 Å². The Morgan fingerprint density at radius 2 is 1.61 bits per heavy atom. The van der Waals surface area contributed by atoms with Crippen molar-refractivity contribution in [1.82, 2.24) is 10.2 Å². The molecule has 0 unspecified atom stereocenters. The smallest absolute Gasteiger partial charge is 0.329 e. The van der Waals surface area contributed by atoms with Crippen molar-refractivity contribution in [1.29, 1.82) is 0 Å². The first-order valence-electron chi connectivity index (χ1n) is 12.0. The van der Waals surface area contributed by atoms with Gasteiger partial charge in [0.1, 0.15) is 30.3 Å². The number of ether oxygens (including phenoxy) is 2. The Bertz CT molecular complexity index is 1560. The molecule has 0 radical (unpaired) electrons. The molecule has 1 saturated heterocycles. The summed E-state index contributed by atoms with van der Waals surface area (Å²) < 4.78 is 11.3. The average Bonchev–Trinajstić information content (AvgIpc) is 3.20. The maximum Gasteiger partial charge on any atom is 0.329 e. The number of anilines is 1. The quantitative estimate of drug-likeness (QED) is 0.260. The van der Waals surface area contributed by atoms with Gasteiger partial charge in [0.2, 0.25) is 5.91 Å². The zero-order chi connectivity index (χ0) is 26.5. The third-order valence-corrected chi connectivity index (χ3v) is 6.07. The summed E-state index contributed by atoms with van der Waals surface area (Å²) in [6, 6.07) is 27.7. The lowest BCUT2D eigenvalue weighted by Crippen LogP contribution is -2.38. The summed E-state index contributed by atoms with van der Waals surface area (Å²) in [5, 5.41) is 7.50. The second kappa shape index (κ2) is 10.9. The van der Waals surface area contributed by atoms with E-state index in [0.29, 0.717) is 29.4 Å². The minimum atomic E-state index is -0.675. The van der Waals surface area contributed by atoms with E-state index in [1.165, 1.54) is 7.11 Å². The van der Waals surface area contributed by atoms with E-state index in [1.807, 2.05) is 42.5 Å². The van der Waals surface area contributed by atoms with Crippen molar-refractivity contribution in [2.45, 2.75) is 6.61 Å². The van der Waals surface area contributed by atoms with E-state index < -0.39 is 24.4 Å². The monoisotopic (exact) mass is 507 g/mol. The van der Waals surface area contributed by atoms with Crippen LogP contribution in [0, 0.1) is 0 Å². The van der Waals surface area contributed by atoms with Crippen molar-refractivity contribution in [2.75, 3.05) is 19.0 Å². The lowest BCUT2D eigenvalue weighted by Gasteiger charge is -2.13. The van der Waals surface area contributed by atoms with E-state index in [2.05, 4.69) is 22.8 Å². The molecule has 0 bridgehead atoms. The number of carbonyl (C=O) groups is 3. The van der Waals surface area contributed by atoms with Crippen LogP contribution in [0.1, 0.15) is 11.1 Å². The fraction of sp³-hybridized carbons (Fsp3) is 0.100. The van der Waals surface area contributed by atoms with Crippen molar-refractivity contribution in [3.05, 3.63) is 108 Å².